The Balaban J connectivity index is 2.25. The number of piperazine rings is 1. The van der Waals surface area contributed by atoms with Gasteiger partial charge in [-0.3, -0.25) is 19.7 Å². The molecule has 19 heavy (non-hydrogen) atoms. The van der Waals surface area contributed by atoms with Crippen molar-refractivity contribution in [1.29, 1.82) is 0 Å². The lowest BCUT2D eigenvalue weighted by Gasteiger charge is -2.45. The van der Waals surface area contributed by atoms with Crippen molar-refractivity contribution in [3.05, 3.63) is 0 Å². The standard InChI is InChI=1S/C13H21N3O3/c1-12(2)10(18)15-9(17)8-16(12)11(19)13(14)6-4-3-5-7-13/h3-8,14H2,1-2H3,(H,15,17,18). The molecule has 0 aromatic rings. The summed E-state index contributed by atoms with van der Waals surface area (Å²) in [5, 5.41) is 2.26. The number of amides is 3. The normalized spacial score (nSPS) is 25.9. The smallest absolute Gasteiger partial charge is 0.252 e. The Morgan fingerprint density at radius 3 is 2.37 bits per heavy atom. The summed E-state index contributed by atoms with van der Waals surface area (Å²) in [6.07, 6.45) is 4.14. The van der Waals surface area contributed by atoms with Crippen molar-refractivity contribution in [3.63, 3.8) is 0 Å². The molecule has 0 aromatic carbocycles. The van der Waals surface area contributed by atoms with Gasteiger partial charge in [-0.2, -0.15) is 0 Å². The lowest BCUT2D eigenvalue weighted by Crippen LogP contribution is -2.70. The fraction of sp³-hybridized carbons (Fsp3) is 0.769. The first kappa shape index (κ1) is 14.0. The molecule has 1 saturated carbocycles. The van der Waals surface area contributed by atoms with Crippen LogP contribution in [-0.2, 0) is 14.4 Å². The van der Waals surface area contributed by atoms with Crippen molar-refractivity contribution in [3.8, 4) is 0 Å². The lowest BCUT2D eigenvalue weighted by molar-refractivity contribution is -0.159. The highest BCUT2D eigenvalue weighted by molar-refractivity contribution is 6.07. The molecule has 1 aliphatic heterocycles. The fourth-order valence-corrected chi connectivity index (χ4v) is 2.77. The van der Waals surface area contributed by atoms with Crippen LogP contribution in [0.15, 0.2) is 0 Å². The van der Waals surface area contributed by atoms with Gasteiger partial charge in [0.25, 0.3) is 5.91 Å². The molecule has 0 aromatic heterocycles. The minimum Gasteiger partial charge on any atom is -0.318 e. The Bertz CT molecular complexity index is 425. The zero-order chi connectivity index (χ0) is 14.3. The molecule has 2 aliphatic rings. The van der Waals surface area contributed by atoms with E-state index in [0.29, 0.717) is 12.8 Å². The summed E-state index contributed by atoms with van der Waals surface area (Å²) in [6.45, 7) is 3.17. The summed E-state index contributed by atoms with van der Waals surface area (Å²) in [4.78, 5) is 37.3. The van der Waals surface area contributed by atoms with E-state index in [2.05, 4.69) is 5.32 Å². The van der Waals surface area contributed by atoms with E-state index in [1.54, 1.807) is 13.8 Å². The maximum absolute atomic E-state index is 12.7. The molecule has 2 fully saturated rings. The van der Waals surface area contributed by atoms with Gasteiger partial charge < -0.3 is 10.6 Å². The van der Waals surface area contributed by atoms with Crippen LogP contribution in [0.3, 0.4) is 0 Å². The van der Waals surface area contributed by atoms with Crippen molar-refractivity contribution in [2.45, 2.75) is 57.0 Å². The first-order chi connectivity index (χ1) is 8.77. The van der Waals surface area contributed by atoms with Gasteiger partial charge in [-0.05, 0) is 26.7 Å². The fourth-order valence-electron chi connectivity index (χ4n) is 2.77. The zero-order valence-corrected chi connectivity index (χ0v) is 11.5. The van der Waals surface area contributed by atoms with Crippen molar-refractivity contribution < 1.29 is 14.4 Å². The highest BCUT2D eigenvalue weighted by Gasteiger charge is 2.49. The van der Waals surface area contributed by atoms with Crippen LogP contribution in [0.4, 0.5) is 0 Å². The SMILES string of the molecule is CC1(C)C(=O)NC(=O)CN1C(=O)C1(N)CCCCC1. The largest absolute Gasteiger partial charge is 0.318 e. The summed E-state index contributed by atoms with van der Waals surface area (Å²) in [5.74, 6) is -1.17. The molecule has 0 unspecified atom stereocenters. The number of carbonyl (C=O) groups is 3. The molecule has 3 N–H and O–H groups in total. The third-order valence-corrected chi connectivity index (χ3v) is 4.20. The van der Waals surface area contributed by atoms with Crippen LogP contribution in [0.2, 0.25) is 0 Å². The molecule has 0 spiro atoms. The van der Waals surface area contributed by atoms with Gasteiger partial charge in [-0.15, -0.1) is 0 Å². The molecule has 1 saturated heterocycles. The second-order valence-electron chi connectivity index (χ2n) is 6.04. The number of nitrogens with two attached hydrogens (primary N) is 1. The molecular weight excluding hydrogens is 246 g/mol. The number of nitrogens with one attached hydrogen (secondary N) is 1. The van der Waals surface area contributed by atoms with E-state index in [-0.39, 0.29) is 12.5 Å². The molecule has 0 bridgehead atoms. The quantitative estimate of drug-likeness (QED) is 0.649. The summed E-state index contributed by atoms with van der Waals surface area (Å²) >= 11 is 0. The van der Waals surface area contributed by atoms with Gasteiger partial charge >= 0.3 is 0 Å². The Morgan fingerprint density at radius 1 is 1.21 bits per heavy atom. The van der Waals surface area contributed by atoms with E-state index < -0.39 is 22.9 Å². The Hall–Kier alpha value is -1.43. The lowest BCUT2D eigenvalue weighted by atomic mass is 9.80. The average molecular weight is 267 g/mol. The van der Waals surface area contributed by atoms with Crippen molar-refractivity contribution >= 4 is 17.7 Å². The van der Waals surface area contributed by atoms with E-state index in [4.69, 9.17) is 5.73 Å². The van der Waals surface area contributed by atoms with Gasteiger partial charge in [-0.1, -0.05) is 19.3 Å². The number of carbonyl (C=O) groups excluding carboxylic acids is 3. The van der Waals surface area contributed by atoms with E-state index in [0.717, 1.165) is 19.3 Å². The van der Waals surface area contributed by atoms with Crippen LogP contribution in [0.5, 0.6) is 0 Å². The summed E-state index contributed by atoms with van der Waals surface area (Å²) in [7, 11) is 0. The highest BCUT2D eigenvalue weighted by atomic mass is 16.2. The van der Waals surface area contributed by atoms with Crippen LogP contribution in [0.25, 0.3) is 0 Å². The summed E-state index contributed by atoms with van der Waals surface area (Å²) < 4.78 is 0. The number of nitrogens with zero attached hydrogens (tertiary/aromatic N) is 1. The molecule has 0 radical (unpaired) electrons. The maximum Gasteiger partial charge on any atom is 0.252 e. The topological polar surface area (TPSA) is 92.5 Å². The average Bonchev–Trinajstić information content (AvgIpc) is 2.34. The van der Waals surface area contributed by atoms with E-state index in [9.17, 15) is 14.4 Å². The van der Waals surface area contributed by atoms with E-state index in [1.807, 2.05) is 0 Å². The first-order valence-corrected chi connectivity index (χ1v) is 6.73. The molecular formula is C13H21N3O3. The van der Waals surface area contributed by atoms with Gasteiger partial charge in [0.15, 0.2) is 0 Å². The number of rotatable bonds is 1. The first-order valence-electron chi connectivity index (χ1n) is 6.73. The molecule has 106 valence electrons. The number of hydrogen-bond donors (Lipinski definition) is 2. The molecule has 0 atom stereocenters. The molecule has 6 nitrogen and oxygen atoms in total. The molecule has 2 rings (SSSR count). The number of hydrogen-bond acceptors (Lipinski definition) is 4. The third kappa shape index (κ3) is 2.36. The van der Waals surface area contributed by atoms with Gasteiger partial charge in [0, 0.05) is 0 Å². The second-order valence-corrected chi connectivity index (χ2v) is 6.04. The van der Waals surface area contributed by atoms with E-state index in [1.165, 1.54) is 4.90 Å². The van der Waals surface area contributed by atoms with Gasteiger partial charge in [0.1, 0.15) is 12.1 Å². The van der Waals surface area contributed by atoms with Crippen LogP contribution in [0, 0.1) is 0 Å². The predicted molar refractivity (Wildman–Crippen MR) is 68.9 cm³/mol. The molecule has 3 amide bonds. The van der Waals surface area contributed by atoms with Crippen LogP contribution in [-0.4, -0.2) is 40.2 Å². The maximum atomic E-state index is 12.7. The Labute approximate surface area is 112 Å². The monoisotopic (exact) mass is 267 g/mol. The van der Waals surface area contributed by atoms with Crippen molar-refractivity contribution in [1.82, 2.24) is 10.2 Å². The summed E-state index contributed by atoms with van der Waals surface area (Å²) in [6, 6.07) is 0. The van der Waals surface area contributed by atoms with Crippen molar-refractivity contribution in [2.24, 2.45) is 5.73 Å². The zero-order valence-electron chi connectivity index (χ0n) is 11.5. The predicted octanol–water partition coefficient (Wildman–Crippen LogP) is -0.0884. The van der Waals surface area contributed by atoms with Crippen molar-refractivity contribution in [2.75, 3.05) is 6.54 Å². The third-order valence-electron chi connectivity index (χ3n) is 4.20. The second kappa shape index (κ2) is 4.59. The van der Waals surface area contributed by atoms with Gasteiger partial charge in [0.2, 0.25) is 11.8 Å². The van der Waals surface area contributed by atoms with Crippen LogP contribution < -0.4 is 11.1 Å². The molecule has 1 aliphatic carbocycles. The Morgan fingerprint density at radius 2 is 1.79 bits per heavy atom. The molecule has 1 heterocycles. The van der Waals surface area contributed by atoms with Gasteiger partial charge in [-0.25, -0.2) is 0 Å². The van der Waals surface area contributed by atoms with Gasteiger partial charge in [0.05, 0.1) is 5.54 Å². The minimum atomic E-state index is -1.03. The minimum absolute atomic E-state index is 0.101. The molecule has 6 heteroatoms. The Kier molecular flexibility index (Phi) is 3.38. The van der Waals surface area contributed by atoms with E-state index >= 15 is 0 Å². The number of imide groups is 1. The van der Waals surface area contributed by atoms with Crippen LogP contribution in [0.1, 0.15) is 46.0 Å². The summed E-state index contributed by atoms with van der Waals surface area (Å²) in [5.41, 5.74) is 4.26. The van der Waals surface area contributed by atoms with Crippen LogP contribution >= 0.6 is 0 Å². The highest BCUT2D eigenvalue weighted by Crippen LogP contribution is 2.30.